The number of nitrogens with zero attached hydrogens (tertiary/aromatic N) is 5. The maximum Gasteiger partial charge on any atom is 0.248 e. The van der Waals surface area contributed by atoms with E-state index in [0.29, 0.717) is 17.7 Å². The number of hydrogen-bond donors (Lipinski definition) is 1. The van der Waals surface area contributed by atoms with E-state index in [0.717, 1.165) is 28.7 Å². The van der Waals surface area contributed by atoms with E-state index < -0.39 is 5.91 Å². The number of fused-ring (bicyclic) bond motifs is 3. The molecule has 2 heterocycles. The second kappa shape index (κ2) is 6.25. The van der Waals surface area contributed by atoms with E-state index in [1.165, 1.54) is 0 Å². The van der Waals surface area contributed by atoms with E-state index in [2.05, 4.69) is 28.1 Å². The molecular formula is C20H18N6O. The quantitative estimate of drug-likeness (QED) is 0.759. The van der Waals surface area contributed by atoms with Gasteiger partial charge >= 0.3 is 0 Å². The van der Waals surface area contributed by atoms with Crippen molar-refractivity contribution in [2.45, 2.75) is 19.8 Å². The van der Waals surface area contributed by atoms with Crippen molar-refractivity contribution >= 4 is 17.3 Å². The molecule has 0 aliphatic carbocycles. The van der Waals surface area contributed by atoms with Crippen LogP contribution in [0.15, 0.2) is 42.5 Å². The second-order valence-electron chi connectivity index (χ2n) is 6.68. The number of rotatable bonds is 2. The van der Waals surface area contributed by atoms with Crippen molar-refractivity contribution < 1.29 is 4.79 Å². The second-order valence-corrected chi connectivity index (χ2v) is 6.68. The Morgan fingerprint density at radius 2 is 1.93 bits per heavy atom. The van der Waals surface area contributed by atoms with Gasteiger partial charge in [-0.1, -0.05) is 6.92 Å². The first-order valence-electron chi connectivity index (χ1n) is 8.63. The molecule has 1 aliphatic heterocycles. The Labute approximate surface area is 156 Å². The minimum atomic E-state index is -0.476. The number of nitrogens with two attached hydrogens (primary N) is 1. The molecule has 7 heteroatoms. The summed E-state index contributed by atoms with van der Waals surface area (Å²) in [6.07, 6.45) is 0. The maximum atomic E-state index is 11.8. The summed E-state index contributed by atoms with van der Waals surface area (Å²) in [5, 5.41) is 17.7. The summed E-state index contributed by atoms with van der Waals surface area (Å²) < 4.78 is 2.02. The number of hydrogen-bond acceptors (Lipinski definition) is 5. The topological polar surface area (TPSA) is 101 Å². The number of aryl methyl sites for hydroxylation is 1. The molecule has 7 nitrogen and oxygen atoms in total. The Hall–Kier alpha value is -3.66. The number of carbonyl (C=O) groups excluding carboxylic acids is 1. The predicted molar refractivity (Wildman–Crippen MR) is 101 cm³/mol. The number of nitriles is 1. The third-order valence-electron chi connectivity index (χ3n) is 4.85. The highest BCUT2D eigenvalue weighted by Crippen LogP contribution is 2.38. The Morgan fingerprint density at radius 1 is 1.19 bits per heavy atom. The van der Waals surface area contributed by atoms with E-state index in [1.54, 1.807) is 24.3 Å². The van der Waals surface area contributed by atoms with Gasteiger partial charge in [-0.25, -0.2) is 0 Å². The van der Waals surface area contributed by atoms with Crippen LogP contribution in [0.25, 0.3) is 5.69 Å². The van der Waals surface area contributed by atoms with Crippen molar-refractivity contribution in [2.24, 2.45) is 5.73 Å². The monoisotopic (exact) mass is 358 g/mol. The van der Waals surface area contributed by atoms with Crippen molar-refractivity contribution in [1.82, 2.24) is 14.8 Å². The van der Waals surface area contributed by atoms with Crippen LogP contribution >= 0.6 is 0 Å². The molecule has 1 unspecified atom stereocenters. The summed E-state index contributed by atoms with van der Waals surface area (Å²) in [7, 11) is 0. The van der Waals surface area contributed by atoms with Crippen LogP contribution in [-0.4, -0.2) is 27.2 Å². The number of primary amides is 1. The van der Waals surface area contributed by atoms with Gasteiger partial charge in [-0.05, 0) is 49.4 Å². The van der Waals surface area contributed by atoms with Crippen molar-refractivity contribution in [3.05, 3.63) is 65.2 Å². The van der Waals surface area contributed by atoms with Gasteiger partial charge in [0.05, 0.1) is 23.0 Å². The largest absolute Gasteiger partial charge is 0.366 e. The van der Waals surface area contributed by atoms with Crippen molar-refractivity contribution in [3.8, 4) is 11.8 Å². The van der Waals surface area contributed by atoms with Gasteiger partial charge in [0.15, 0.2) is 0 Å². The average Bonchev–Trinajstić information content (AvgIpc) is 3.01. The molecule has 1 amide bonds. The Morgan fingerprint density at radius 3 is 2.59 bits per heavy atom. The average molecular weight is 358 g/mol. The van der Waals surface area contributed by atoms with Gasteiger partial charge in [0, 0.05) is 23.7 Å². The van der Waals surface area contributed by atoms with Crippen molar-refractivity contribution in [2.75, 3.05) is 11.4 Å². The zero-order valence-corrected chi connectivity index (χ0v) is 15.0. The lowest BCUT2D eigenvalue weighted by molar-refractivity contribution is 0.100. The van der Waals surface area contributed by atoms with Gasteiger partial charge in [0.1, 0.15) is 11.6 Å². The molecule has 0 saturated carbocycles. The van der Waals surface area contributed by atoms with Crippen molar-refractivity contribution in [3.63, 3.8) is 0 Å². The lowest BCUT2D eigenvalue weighted by Crippen LogP contribution is -2.22. The smallest absolute Gasteiger partial charge is 0.248 e. The van der Waals surface area contributed by atoms with Gasteiger partial charge in [0.2, 0.25) is 5.91 Å². The van der Waals surface area contributed by atoms with Gasteiger partial charge in [-0.3, -0.25) is 9.36 Å². The molecule has 27 heavy (non-hydrogen) atoms. The molecule has 1 aliphatic rings. The Bertz CT molecular complexity index is 1080. The highest BCUT2D eigenvalue weighted by molar-refractivity contribution is 5.95. The number of benzene rings is 2. The third kappa shape index (κ3) is 2.72. The van der Waals surface area contributed by atoms with Crippen LogP contribution in [-0.2, 0) is 0 Å². The molecule has 4 rings (SSSR count). The predicted octanol–water partition coefficient (Wildman–Crippen LogP) is 2.80. The molecule has 1 atom stereocenters. The molecule has 0 spiro atoms. The van der Waals surface area contributed by atoms with Crippen LogP contribution in [0.5, 0.6) is 0 Å². The van der Waals surface area contributed by atoms with Crippen LogP contribution in [0.1, 0.15) is 40.4 Å². The summed E-state index contributed by atoms with van der Waals surface area (Å²) in [5.74, 6) is 1.28. The number of aromatic nitrogens is 3. The first kappa shape index (κ1) is 16.8. The summed E-state index contributed by atoms with van der Waals surface area (Å²) >= 11 is 0. The summed E-state index contributed by atoms with van der Waals surface area (Å²) in [6.45, 7) is 4.66. The molecule has 3 aromatic rings. The minimum absolute atomic E-state index is 0.103. The molecule has 2 N–H and O–H groups in total. The maximum absolute atomic E-state index is 11.8. The Kier molecular flexibility index (Phi) is 3.89. The van der Waals surface area contributed by atoms with Gasteiger partial charge in [-0.15, -0.1) is 10.2 Å². The van der Waals surface area contributed by atoms with E-state index in [-0.39, 0.29) is 5.92 Å². The van der Waals surface area contributed by atoms with Crippen LogP contribution in [0.3, 0.4) is 0 Å². The summed E-state index contributed by atoms with van der Waals surface area (Å²) in [4.78, 5) is 13.9. The number of amides is 1. The number of carbonyl (C=O) groups is 1. The summed E-state index contributed by atoms with van der Waals surface area (Å²) in [6, 6.07) is 14.9. The van der Waals surface area contributed by atoms with Crippen LogP contribution in [0.2, 0.25) is 0 Å². The van der Waals surface area contributed by atoms with Gasteiger partial charge in [-0.2, -0.15) is 5.26 Å². The van der Waals surface area contributed by atoms with Crippen LogP contribution < -0.4 is 10.6 Å². The molecule has 0 bridgehead atoms. The first-order chi connectivity index (χ1) is 13.0. The molecule has 0 fully saturated rings. The Balaban J connectivity index is 1.96. The lowest BCUT2D eigenvalue weighted by atomic mass is 10.1. The fourth-order valence-electron chi connectivity index (χ4n) is 3.49. The lowest BCUT2D eigenvalue weighted by Gasteiger charge is -2.27. The molecule has 0 radical (unpaired) electrons. The molecule has 2 aromatic carbocycles. The summed E-state index contributed by atoms with van der Waals surface area (Å²) in [5.41, 5.74) is 9.23. The molecule has 134 valence electrons. The van der Waals surface area contributed by atoms with E-state index in [1.807, 2.05) is 29.7 Å². The fourth-order valence-corrected chi connectivity index (χ4v) is 3.49. The zero-order chi connectivity index (χ0) is 19.1. The first-order valence-corrected chi connectivity index (χ1v) is 8.63. The van der Waals surface area contributed by atoms with E-state index >= 15 is 0 Å². The standard InChI is InChI=1S/C20H18N6O/c1-12-11-25(16-6-3-14(10-21)4-7-16)18-9-15(19(22)27)5-8-17(18)26-13(2)23-24-20(12)26/h3-9,12H,11H2,1-2H3,(H2,22,27). The third-order valence-corrected chi connectivity index (χ3v) is 4.85. The van der Waals surface area contributed by atoms with E-state index in [4.69, 9.17) is 11.0 Å². The highest BCUT2D eigenvalue weighted by Gasteiger charge is 2.28. The van der Waals surface area contributed by atoms with Crippen molar-refractivity contribution in [1.29, 1.82) is 5.26 Å². The van der Waals surface area contributed by atoms with Gasteiger partial charge in [0.25, 0.3) is 0 Å². The van der Waals surface area contributed by atoms with E-state index in [9.17, 15) is 4.79 Å². The van der Waals surface area contributed by atoms with Crippen LogP contribution in [0, 0.1) is 18.3 Å². The normalized spacial score (nSPS) is 15.4. The fraction of sp³-hybridized carbons (Fsp3) is 0.200. The molecule has 0 saturated heterocycles. The molecular weight excluding hydrogens is 340 g/mol. The van der Waals surface area contributed by atoms with Crippen LogP contribution in [0.4, 0.5) is 11.4 Å². The molecule has 1 aromatic heterocycles. The van der Waals surface area contributed by atoms with Gasteiger partial charge < -0.3 is 10.6 Å². The zero-order valence-electron chi connectivity index (χ0n) is 15.0. The minimum Gasteiger partial charge on any atom is -0.366 e. The highest BCUT2D eigenvalue weighted by atomic mass is 16.1. The number of anilines is 2. The SMILES string of the molecule is Cc1nnc2n1-c1ccc(C(N)=O)cc1N(c1ccc(C#N)cc1)CC2C.